The van der Waals surface area contributed by atoms with Gasteiger partial charge in [0.2, 0.25) is 0 Å². The molecule has 3 heteroatoms. The summed E-state index contributed by atoms with van der Waals surface area (Å²) >= 11 is 0. The summed E-state index contributed by atoms with van der Waals surface area (Å²) in [5.41, 5.74) is 3.03. The second-order valence-corrected chi connectivity index (χ2v) is 5.12. The lowest BCUT2D eigenvalue weighted by molar-refractivity contribution is 0.455. The standard InChI is InChI=1S/C13H17N3/c1-8-10(7-14)9(2)16-12(11(8)15-6)13(3,4)5/h8,16H,1-5H3/t8-/m1/s1. The van der Waals surface area contributed by atoms with Crippen LogP contribution in [-0.2, 0) is 0 Å². The van der Waals surface area contributed by atoms with Crippen molar-refractivity contribution < 1.29 is 0 Å². The average molecular weight is 215 g/mol. The maximum absolute atomic E-state index is 9.06. The van der Waals surface area contributed by atoms with E-state index in [4.69, 9.17) is 11.8 Å². The number of dihydropyridines is 1. The Morgan fingerprint density at radius 2 is 2.00 bits per heavy atom. The van der Waals surface area contributed by atoms with Crippen molar-refractivity contribution in [2.24, 2.45) is 11.3 Å². The minimum atomic E-state index is -0.101. The van der Waals surface area contributed by atoms with E-state index < -0.39 is 0 Å². The molecule has 0 aromatic heterocycles. The topological polar surface area (TPSA) is 40.2 Å². The Morgan fingerprint density at radius 3 is 2.38 bits per heavy atom. The summed E-state index contributed by atoms with van der Waals surface area (Å²) < 4.78 is 0. The van der Waals surface area contributed by atoms with Crippen LogP contribution in [0.4, 0.5) is 0 Å². The summed E-state index contributed by atoms with van der Waals surface area (Å²) in [7, 11) is 0. The second kappa shape index (κ2) is 4.02. The van der Waals surface area contributed by atoms with Gasteiger partial charge in [-0.2, -0.15) is 5.26 Å². The first kappa shape index (κ1) is 12.3. The van der Waals surface area contributed by atoms with Gasteiger partial charge in [0, 0.05) is 22.9 Å². The number of hydrogen-bond acceptors (Lipinski definition) is 2. The quantitative estimate of drug-likeness (QED) is 0.630. The Balaban J connectivity index is 3.33. The highest BCUT2D eigenvalue weighted by Gasteiger charge is 2.31. The smallest absolute Gasteiger partial charge is 0.192 e. The molecule has 0 amide bonds. The van der Waals surface area contributed by atoms with Gasteiger partial charge in [0.05, 0.1) is 12.6 Å². The van der Waals surface area contributed by atoms with E-state index in [1.165, 1.54) is 0 Å². The number of nitriles is 1. The SMILES string of the molecule is [C-]#[N+]C1=C(C(C)(C)C)NC(C)=C(C#N)[C@H]1C. The monoisotopic (exact) mass is 215 g/mol. The van der Waals surface area contributed by atoms with E-state index in [9.17, 15) is 0 Å². The predicted molar refractivity (Wildman–Crippen MR) is 63.7 cm³/mol. The molecule has 1 aliphatic heterocycles. The van der Waals surface area contributed by atoms with Crippen LogP contribution >= 0.6 is 0 Å². The van der Waals surface area contributed by atoms with Crippen molar-refractivity contribution in [3.05, 3.63) is 34.1 Å². The molecule has 0 bridgehead atoms. The van der Waals surface area contributed by atoms with Gasteiger partial charge >= 0.3 is 0 Å². The van der Waals surface area contributed by atoms with Crippen molar-refractivity contribution in [1.82, 2.24) is 5.32 Å². The Kier molecular flexibility index (Phi) is 3.10. The zero-order valence-electron chi connectivity index (χ0n) is 10.5. The zero-order chi connectivity index (χ0) is 12.5. The summed E-state index contributed by atoms with van der Waals surface area (Å²) in [5.74, 6) is -0.0991. The molecule has 0 aliphatic carbocycles. The highest BCUT2D eigenvalue weighted by molar-refractivity contribution is 5.44. The van der Waals surface area contributed by atoms with Gasteiger partial charge in [-0.15, -0.1) is 0 Å². The summed E-state index contributed by atoms with van der Waals surface area (Å²) in [6, 6.07) is 2.18. The molecule has 0 radical (unpaired) electrons. The van der Waals surface area contributed by atoms with Crippen LogP contribution < -0.4 is 5.32 Å². The predicted octanol–water partition coefficient (Wildman–Crippen LogP) is 3.20. The van der Waals surface area contributed by atoms with Crippen LogP contribution in [0.15, 0.2) is 22.7 Å². The van der Waals surface area contributed by atoms with E-state index in [-0.39, 0.29) is 11.3 Å². The molecule has 3 nitrogen and oxygen atoms in total. The van der Waals surface area contributed by atoms with Gasteiger partial charge in [0.15, 0.2) is 5.70 Å². The van der Waals surface area contributed by atoms with Gasteiger partial charge < -0.3 is 5.32 Å². The molecule has 0 saturated carbocycles. The molecular formula is C13H17N3. The first-order valence-corrected chi connectivity index (χ1v) is 5.33. The van der Waals surface area contributed by atoms with Crippen molar-refractivity contribution >= 4 is 0 Å². The molecule has 16 heavy (non-hydrogen) atoms. The third-order valence-electron chi connectivity index (χ3n) is 2.81. The molecule has 0 fully saturated rings. The van der Waals surface area contributed by atoms with Crippen molar-refractivity contribution in [2.75, 3.05) is 0 Å². The van der Waals surface area contributed by atoms with E-state index in [0.29, 0.717) is 11.3 Å². The van der Waals surface area contributed by atoms with E-state index in [1.807, 2.05) is 13.8 Å². The fraction of sp³-hybridized carbons (Fsp3) is 0.538. The van der Waals surface area contributed by atoms with Crippen molar-refractivity contribution in [3.63, 3.8) is 0 Å². The maximum Gasteiger partial charge on any atom is 0.192 e. The van der Waals surface area contributed by atoms with Crippen LogP contribution in [0, 0.1) is 29.2 Å². The van der Waals surface area contributed by atoms with Crippen LogP contribution in [-0.4, -0.2) is 0 Å². The van der Waals surface area contributed by atoms with Crippen LogP contribution in [0.2, 0.25) is 0 Å². The first-order chi connectivity index (χ1) is 7.32. The molecule has 1 N–H and O–H groups in total. The number of rotatable bonds is 0. The van der Waals surface area contributed by atoms with E-state index in [0.717, 1.165) is 11.4 Å². The van der Waals surface area contributed by atoms with Gasteiger partial charge in [-0.25, -0.2) is 4.85 Å². The van der Waals surface area contributed by atoms with Crippen molar-refractivity contribution in [3.8, 4) is 6.07 Å². The molecule has 0 unspecified atom stereocenters. The number of nitrogens with one attached hydrogen (secondary N) is 1. The van der Waals surface area contributed by atoms with E-state index in [2.05, 4.69) is 37.0 Å². The first-order valence-electron chi connectivity index (χ1n) is 5.33. The zero-order valence-corrected chi connectivity index (χ0v) is 10.5. The van der Waals surface area contributed by atoms with Gasteiger partial charge in [0.25, 0.3) is 0 Å². The van der Waals surface area contributed by atoms with Crippen LogP contribution in [0.25, 0.3) is 4.85 Å². The molecule has 1 heterocycles. The highest BCUT2D eigenvalue weighted by atomic mass is 15.0. The Hall–Kier alpha value is -1.74. The Bertz CT molecular complexity index is 447. The highest BCUT2D eigenvalue weighted by Crippen LogP contribution is 2.37. The molecule has 0 saturated heterocycles. The summed E-state index contributed by atoms with van der Waals surface area (Å²) in [4.78, 5) is 3.59. The Labute approximate surface area is 97.3 Å². The molecule has 0 spiro atoms. The minimum Gasteiger partial charge on any atom is -0.371 e. The van der Waals surface area contributed by atoms with Gasteiger partial charge in [0.1, 0.15) is 0 Å². The molecule has 0 aromatic carbocycles. The van der Waals surface area contributed by atoms with E-state index in [1.54, 1.807) is 0 Å². The maximum atomic E-state index is 9.06. The minimum absolute atomic E-state index is 0.0991. The largest absolute Gasteiger partial charge is 0.371 e. The normalized spacial score (nSPS) is 21.3. The van der Waals surface area contributed by atoms with Crippen molar-refractivity contribution in [1.29, 1.82) is 5.26 Å². The molecular weight excluding hydrogens is 198 g/mol. The molecule has 1 aliphatic rings. The summed E-state index contributed by atoms with van der Waals surface area (Å²) in [6.07, 6.45) is 0. The number of allylic oxidation sites excluding steroid dienone is 3. The lowest BCUT2D eigenvalue weighted by Crippen LogP contribution is -2.31. The lowest BCUT2D eigenvalue weighted by Gasteiger charge is -2.32. The number of nitrogens with zero attached hydrogens (tertiary/aromatic N) is 2. The van der Waals surface area contributed by atoms with Gasteiger partial charge in [-0.05, 0) is 12.3 Å². The fourth-order valence-electron chi connectivity index (χ4n) is 1.90. The van der Waals surface area contributed by atoms with Crippen LogP contribution in [0.3, 0.4) is 0 Å². The van der Waals surface area contributed by atoms with Crippen LogP contribution in [0.1, 0.15) is 34.6 Å². The fourth-order valence-corrected chi connectivity index (χ4v) is 1.90. The average Bonchev–Trinajstić information content (AvgIpc) is 2.16. The third-order valence-corrected chi connectivity index (χ3v) is 2.81. The summed E-state index contributed by atoms with van der Waals surface area (Å²) in [5, 5.41) is 12.3. The number of hydrogen-bond donors (Lipinski definition) is 1. The third kappa shape index (κ3) is 1.95. The van der Waals surface area contributed by atoms with Crippen LogP contribution in [0.5, 0.6) is 0 Å². The van der Waals surface area contributed by atoms with Gasteiger partial charge in [-0.3, -0.25) is 0 Å². The molecule has 84 valence electrons. The lowest BCUT2D eigenvalue weighted by atomic mass is 9.83. The Morgan fingerprint density at radius 1 is 1.44 bits per heavy atom. The second-order valence-electron chi connectivity index (χ2n) is 5.12. The van der Waals surface area contributed by atoms with E-state index >= 15 is 0 Å². The molecule has 0 aromatic rings. The van der Waals surface area contributed by atoms with Gasteiger partial charge in [-0.1, -0.05) is 27.7 Å². The summed E-state index contributed by atoms with van der Waals surface area (Å²) in [6.45, 7) is 17.3. The molecule has 1 rings (SSSR count). The molecule has 1 atom stereocenters. The van der Waals surface area contributed by atoms with Crippen molar-refractivity contribution in [2.45, 2.75) is 34.6 Å².